The molecule has 0 spiro atoms. The van der Waals surface area contributed by atoms with Crippen LogP contribution in [0.5, 0.6) is 5.75 Å². The second-order valence-corrected chi connectivity index (χ2v) is 5.06. The van der Waals surface area contributed by atoms with Gasteiger partial charge in [0, 0.05) is 0 Å². The maximum absolute atomic E-state index is 5.76. The van der Waals surface area contributed by atoms with E-state index in [0.29, 0.717) is 0 Å². The van der Waals surface area contributed by atoms with Crippen LogP contribution in [0.15, 0.2) is 24.3 Å². The van der Waals surface area contributed by atoms with E-state index in [1.54, 1.807) is 0 Å². The van der Waals surface area contributed by atoms with Crippen LogP contribution >= 0.6 is 0 Å². The highest BCUT2D eigenvalue weighted by Gasteiger charge is 2.21. The van der Waals surface area contributed by atoms with E-state index in [-0.39, 0.29) is 11.5 Å². The van der Waals surface area contributed by atoms with E-state index in [1.165, 1.54) is 5.56 Å². The number of rotatable bonds is 2. The van der Waals surface area contributed by atoms with Gasteiger partial charge in [0.1, 0.15) is 11.9 Å². The SMILES string of the molecule is CC(C)(C)c1cccc(OC2COC2)c1. The van der Waals surface area contributed by atoms with Crippen molar-refractivity contribution in [1.82, 2.24) is 0 Å². The Bertz CT molecular complexity index is 335. The largest absolute Gasteiger partial charge is 0.486 e. The summed E-state index contributed by atoms with van der Waals surface area (Å²) in [4.78, 5) is 0. The van der Waals surface area contributed by atoms with Gasteiger partial charge >= 0.3 is 0 Å². The summed E-state index contributed by atoms with van der Waals surface area (Å²) in [6, 6.07) is 8.32. The fraction of sp³-hybridized carbons (Fsp3) is 0.538. The Labute approximate surface area is 91.2 Å². The Hall–Kier alpha value is -1.02. The molecule has 1 aromatic rings. The Kier molecular flexibility index (Phi) is 2.70. The summed E-state index contributed by atoms with van der Waals surface area (Å²) < 4.78 is 10.8. The fourth-order valence-electron chi connectivity index (χ4n) is 1.51. The fourth-order valence-corrected chi connectivity index (χ4v) is 1.51. The lowest BCUT2D eigenvalue weighted by Gasteiger charge is -2.27. The van der Waals surface area contributed by atoms with Gasteiger partial charge in [-0.15, -0.1) is 0 Å². The van der Waals surface area contributed by atoms with Crippen LogP contribution < -0.4 is 4.74 Å². The molecular weight excluding hydrogens is 188 g/mol. The molecule has 15 heavy (non-hydrogen) atoms. The van der Waals surface area contributed by atoms with Gasteiger partial charge in [-0.1, -0.05) is 32.9 Å². The van der Waals surface area contributed by atoms with Gasteiger partial charge in [-0.05, 0) is 23.1 Å². The lowest BCUT2D eigenvalue weighted by atomic mass is 9.87. The van der Waals surface area contributed by atoms with Gasteiger partial charge in [-0.2, -0.15) is 0 Å². The molecule has 0 unspecified atom stereocenters. The molecule has 0 amide bonds. The number of hydrogen-bond donors (Lipinski definition) is 0. The molecule has 1 heterocycles. The highest BCUT2D eigenvalue weighted by Crippen LogP contribution is 2.26. The molecule has 2 nitrogen and oxygen atoms in total. The quantitative estimate of drug-likeness (QED) is 0.740. The van der Waals surface area contributed by atoms with Crippen LogP contribution in [0.4, 0.5) is 0 Å². The van der Waals surface area contributed by atoms with E-state index in [9.17, 15) is 0 Å². The van der Waals surface area contributed by atoms with Crippen molar-refractivity contribution in [2.24, 2.45) is 0 Å². The van der Waals surface area contributed by atoms with Crippen LogP contribution in [0.25, 0.3) is 0 Å². The van der Waals surface area contributed by atoms with Crippen molar-refractivity contribution in [2.75, 3.05) is 13.2 Å². The minimum absolute atomic E-state index is 0.176. The molecule has 1 fully saturated rings. The molecule has 0 bridgehead atoms. The summed E-state index contributed by atoms with van der Waals surface area (Å²) >= 11 is 0. The van der Waals surface area contributed by atoms with Gasteiger partial charge in [0.15, 0.2) is 0 Å². The normalized spacial score (nSPS) is 17.3. The molecule has 1 aliphatic heterocycles. The predicted octanol–water partition coefficient (Wildman–Crippen LogP) is 2.76. The molecule has 0 N–H and O–H groups in total. The van der Waals surface area contributed by atoms with Crippen LogP contribution in [-0.4, -0.2) is 19.3 Å². The van der Waals surface area contributed by atoms with Gasteiger partial charge in [0.05, 0.1) is 13.2 Å². The molecular formula is C13H18O2. The number of hydrogen-bond acceptors (Lipinski definition) is 2. The second kappa shape index (κ2) is 3.86. The number of benzene rings is 1. The first-order chi connectivity index (χ1) is 7.05. The molecule has 0 radical (unpaired) electrons. The Morgan fingerprint density at radius 1 is 1.27 bits per heavy atom. The average molecular weight is 206 g/mol. The molecule has 0 aromatic heterocycles. The molecule has 1 saturated heterocycles. The van der Waals surface area contributed by atoms with Crippen molar-refractivity contribution in [3.05, 3.63) is 29.8 Å². The maximum Gasteiger partial charge on any atom is 0.145 e. The second-order valence-electron chi connectivity index (χ2n) is 5.06. The Balaban J connectivity index is 2.11. The lowest BCUT2D eigenvalue weighted by Crippen LogP contribution is -2.38. The molecule has 1 aliphatic rings. The monoisotopic (exact) mass is 206 g/mol. The maximum atomic E-state index is 5.76. The number of ether oxygens (including phenoxy) is 2. The third-order valence-corrected chi connectivity index (χ3v) is 2.61. The van der Waals surface area contributed by atoms with Gasteiger partial charge in [0.25, 0.3) is 0 Å². The predicted molar refractivity (Wildman–Crippen MR) is 60.4 cm³/mol. The van der Waals surface area contributed by atoms with Crippen LogP contribution in [0, 0.1) is 0 Å². The molecule has 82 valence electrons. The average Bonchev–Trinajstić information content (AvgIpc) is 2.11. The highest BCUT2D eigenvalue weighted by atomic mass is 16.6. The summed E-state index contributed by atoms with van der Waals surface area (Å²) in [6.45, 7) is 8.06. The van der Waals surface area contributed by atoms with E-state index >= 15 is 0 Å². The topological polar surface area (TPSA) is 18.5 Å². The highest BCUT2D eigenvalue weighted by molar-refractivity contribution is 5.32. The van der Waals surface area contributed by atoms with E-state index in [4.69, 9.17) is 9.47 Å². The summed E-state index contributed by atoms with van der Waals surface area (Å²) in [5.74, 6) is 0.954. The van der Waals surface area contributed by atoms with Crippen molar-refractivity contribution in [1.29, 1.82) is 0 Å². The minimum Gasteiger partial charge on any atom is -0.486 e. The minimum atomic E-state index is 0.176. The molecule has 2 rings (SSSR count). The molecule has 0 aliphatic carbocycles. The van der Waals surface area contributed by atoms with Crippen LogP contribution in [-0.2, 0) is 10.2 Å². The van der Waals surface area contributed by atoms with Gasteiger partial charge in [-0.3, -0.25) is 0 Å². The third kappa shape index (κ3) is 2.51. The lowest BCUT2D eigenvalue weighted by molar-refractivity contribution is -0.0797. The van der Waals surface area contributed by atoms with Crippen molar-refractivity contribution in [3.8, 4) is 5.75 Å². The zero-order valence-electron chi connectivity index (χ0n) is 9.62. The Morgan fingerprint density at radius 3 is 2.53 bits per heavy atom. The van der Waals surface area contributed by atoms with Crippen LogP contribution in [0.1, 0.15) is 26.3 Å². The van der Waals surface area contributed by atoms with E-state index in [0.717, 1.165) is 19.0 Å². The van der Waals surface area contributed by atoms with E-state index in [1.807, 2.05) is 6.07 Å². The van der Waals surface area contributed by atoms with Crippen molar-refractivity contribution >= 4 is 0 Å². The first-order valence-electron chi connectivity index (χ1n) is 5.41. The molecule has 0 saturated carbocycles. The van der Waals surface area contributed by atoms with Gasteiger partial charge in [0.2, 0.25) is 0 Å². The summed E-state index contributed by atoms with van der Waals surface area (Å²) in [5, 5.41) is 0. The van der Waals surface area contributed by atoms with Crippen molar-refractivity contribution in [2.45, 2.75) is 32.3 Å². The summed E-state index contributed by atoms with van der Waals surface area (Å²) in [6.07, 6.45) is 0.250. The molecule has 1 aromatic carbocycles. The van der Waals surface area contributed by atoms with Crippen molar-refractivity contribution < 1.29 is 9.47 Å². The first kappa shape index (κ1) is 10.5. The summed E-state index contributed by atoms with van der Waals surface area (Å²) in [5.41, 5.74) is 1.48. The zero-order valence-corrected chi connectivity index (χ0v) is 9.62. The van der Waals surface area contributed by atoms with Crippen molar-refractivity contribution in [3.63, 3.8) is 0 Å². The van der Waals surface area contributed by atoms with Crippen LogP contribution in [0.3, 0.4) is 0 Å². The molecule has 2 heteroatoms. The smallest absolute Gasteiger partial charge is 0.145 e. The van der Waals surface area contributed by atoms with Crippen LogP contribution in [0.2, 0.25) is 0 Å². The standard InChI is InChI=1S/C13H18O2/c1-13(2,3)10-5-4-6-11(7-10)15-12-8-14-9-12/h4-7,12H,8-9H2,1-3H3. The van der Waals surface area contributed by atoms with E-state index < -0.39 is 0 Å². The summed E-state index contributed by atoms with van der Waals surface area (Å²) in [7, 11) is 0. The third-order valence-electron chi connectivity index (χ3n) is 2.61. The first-order valence-corrected chi connectivity index (χ1v) is 5.41. The van der Waals surface area contributed by atoms with Gasteiger partial charge in [-0.25, -0.2) is 0 Å². The zero-order chi connectivity index (χ0) is 10.9. The Morgan fingerprint density at radius 2 is 2.00 bits per heavy atom. The van der Waals surface area contributed by atoms with E-state index in [2.05, 4.69) is 39.0 Å². The van der Waals surface area contributed by atoms with Gasteiger partial charge < -0.3 is 9.47 Å². The molecule has 0 atom stereocenters.